The van der Waals surface area contributed by atoms with Crippen LogP contribution in [0.5, 0.6) is 0 Å². The first kappa shape index (κ1) is 48.7. The molecule has 0 saturated heterocycles. The van der Waals surface area contributed by atoms with E-state index in [2.05, 4.69) is 92.1 Å². The second-order valence-electron chi connectivity index (χ2n) is 13.9. The molecule has 0 radical (unpaired) electrons. The first-order valence-corrected chi connectivity index (χ1v) is 20.9. The summed E-state index contributed by atoms with van der Waals surface area (Å²) in [4.78, 5) is 25.1. The summed E-state index contributed by atoms with van der Waals surface area (Å²) in [6.45, 7) is 4.41. The number of unbranched alkanes of at least 4 members (excludes halogenated alkanes) is 8. The van der Waals surface area contributed by atoms with Crippen molar-refractivity contribution in [3.05, 3.63) is 85.1 Å². The van der Waals surface area contributed by atoms with Gasteiger partial charge in [-0.1, -0.05) is 131 Å². The van der Waals surface area contributed by atoms with Crippen LogP contribution in [0.4, 0.5) is 0 Å². The summed E-state index contributed by atoms with van der Waals surface area (Å²) in [6.07, 6.45) is 45.0. The van der Waals surface area contributed by atoms with Crippen LogP contribution in [-0.2, 0) is 18.4 Å². The highest BCUT2D eigenvalue weighted by molar-refractivity contribution is 7.45. The van der Waals surface area contributed by atoms with E-state index < -0.39 is 26.6 Å². The number of aliphatic hydroxyl groups excluding tert-OH is 1. The van der Waals surface area contributed by atoms with Gasteiger partial charge in [-0.3, -0.25) is 9.36 Å². The molecular formula is C42H73N2O6P. The Hall–Kier alpha value is -2.32. The average Bonchev–Trinajstić information content (AvgIpc) is 3.07. The topological polar surface area (TPSA) is 108 Å². The van der Waals surface area contributed by atoms with Gasteiger partial charge in [0, 0.05) is 6.42 Å². The number of phosphoric ester groups is 1. The lowest BCUT2D eigenvalue weighted by Gasteiger charge is -2.29. The maximum atomic E-state index is 12.7. The SMILES string of the molecule is CC/C=C\C/C=C\C/C=C\C/C=C\C/C=C\C/C=C\CCCCC(=O)NC(COP(=O)([O-])OCC[N+](C)(C)C)C(O)/C=C/CCCCCCCC. The van der Waals surface area contributed by atoms with Crippen LogP contribution in [0.2, 0.25) is 0 Å². The molecule has 292 valence electrons. The number of aliphatic hydroxyl groups is 1. The van der Waals surface area contributed by atoms with Gasteiger partial charge < -0.3 is 28.8 Å². The predicted octanol–water partition coefficient (Wildman–Crippen LogP) is 9.60. The summed E-state index contributed by atoms with van der Waals surface area (Å²) < 4.78 is 23.0. The van der Waals surface area contributed by atoms with Gasteiger partial charge in [0.2, 0.25) is 5.91 Å². The molecule has 0 aromatic rings. The van der Waals surface area contributed by atoms with Crippen LogP contribution in [0.1, 0.15) is 123 Å². The molecule has 0 bridgehead atoms. The fraction of sp³-hybridized carbons (Fsp3) is 0.643. The van der Waals surface area contributed by atoms with Crippen LogP contribution in [0, 0.1) is 0 Å². The third-order valence-electron chi connectivity index (χ3n) is 7.86. The van der Waals surface area contributed by atoms with Crippen molar-refractivity contribution in [3.63, 3.8) is 0 Å². The van der Waals surface area contributed by atoms with E-state index >= 15 is 0 Å². The molecule has 0 saturated carbocycles. The van der Waals surface area contributed by atoms with E-state index in [1.807, 2.05) is 27.2 Å². The highest BCUT2D eigenvalue weighted by Crippen LogP contribution is 2.38. The first-order chi connectivity index (χ1) is 24.5. The summed E-state index contributed by atoms with van der Waals surface area (Å²) in [6, 6.07) is -0.911. The van der Waals surface area contributed by atoms with Gasteiger partial charge >= 0.3 is 0 Å². The number of rotatable bonds is 33. The Morgan fingerprint density at radius 3 is 1.75 bits per heavy atom. The van der Waals surface area contributed by atoms with Crippen molar-refractivity contribution in [1.29, 1.82) is 0 Å². The van der Waals surface area contributed by atoms with Crippen LogP contribution >= 0.6 is 7.82 Å². The average molecular weight is 733 g/mol. The monoisotopic (exact) mass is 733 g/mol. The summed E-state index contributed by atoms with van der Waals surface area (Å²) >= 11 is 0. The van der Waals surface area contributed by atoms with E-state index in [0.29, 0.717) is 17.4 Å². The number of nitrogens with zero attached hydrogens (tertiary/aromatic N) is 1. The van der Waals surface area contributed by atoms with E-state index in [9.17, 15) is 19.4 Å². The number of phosphoric acid groups is 1. The number of carbonyl (C=O) groups is 1. The first-order valence-electron chi connectivity index (χ1n) is 19.4. The molecule has 0 spiro atoms. The molecule has 51 heavy (non-hydrogen) atoms. The number of hydrogen-bond donors (Lipinski definition) is 2. The molecule has 2 N–H and O–H groups in total. The second kappa shape index (κ2) is 33.5. The molecule has 0 heterocycles. The number of quaternary nitrogens is 1. The van der Waals surface area contributed by atoms with Gasteiger partial charge in [0.25, 0.3) is 7.82 Å². The predicted molar refractivity (Wildman–Crippen MR) is 214 cm³/mol. The van der Waals surface area contributed by atoms with Crippen molar-refractivity contribution in [2.24, 2.45) is 0 Å². The lowest BCUT2D eigenvalue weighted by atomic mass is 10.1. The number of allylic oxidation sites excluding steroid dienone is 13. The minimum absolute atomic E-state index is 0.0151. The Labute approximate surface area is 312 Å². The van der Waals surface area contributed by atoms with Crippen molar-refractivity contribution in [3.8, 4) is 0 Å². The van der Waals surface area contributed by atoms with Crippen molar-refractivity contribution in [2.45, 2.75) is 135 Å². The van der Waals surface area contributed by atoms with E-state index in [4.69, 9.17) is 9.05 Å². The van der Waals surface area contributed by atoms with E-state index in [0.717, 1.165) is 70.6 Å². The fourth-order valence-electron chi connectivity index (χ4n) is 4.74. The van der Waals surface area contributed by atoms with Crippen molar-refractivity contribution >= 4 is 13.7 Å². The van der Waals surface area contributed by atoms with Gasteiger partial charge in [-0.2, -0.15) is 0 Å². The zero-order valence-electron chi connectivity index (χ0n) is 32.8. The minimum atomic E-state index is -4.59. The van der Waals surface area contributed by atoms with E-state index in [-0.39, 0.29) is 18.9 Å². The molecule has 3 atom stereocenters. The number of amides is 1. The molecule has 0 aliphatic rings. The summed E-state index contributed by atoms with van der Waals surface area (Å²) in [7, 11) is 1.21. The summed E-state index contributed by atoms with van der Waals surface area (Å²) in [5.41, 5.74) is 0. The molecule has 1 amide bonds. The zero-order valence-corrected chi connectivity index (χ0v) is 33.7. The molecule has 0 fully saturated rings. The molecule has 0 aromatic carbocycles. The van der Waals surface area contributed by atoms with Gasteiger partial charge in [0.15, 0.2) is 0 Å². The van der Waals surface area contributed by atoms with Crippen LogP contribution in [0.3, 0.4) is 0 Å². The number of likely N-dealkylation sites (N-methyl/N-ethyl adjacent to an activating group) is 1. The Balaban J connectivity index is 4.50. The van der Waals surface area contributed by atoms with Crippen LogP contribution in [0.25, 0.3) is 0 Å². The van der Waals surface area contributed by atoms with Crippen molar-refractivity contribution in [2.75, 3.05) is 40.9 Å². The molecular weight excluding hydrogens is 659 g/mol. The number of hydrogen-bond acceptors (Lipinski definition) is 6. The number of carbonyl (C=O) groups excluding carboxylic acids is 1. The molecule has 0 rings (SSSR count). The normalized spacial score (nSPS) is 15.5. The quantitative estimate of drug-likeness (QED) is 0.0301. The van der Waals surface area contributed by atoms with Gasteiger partial charge in [-0.25, -0.2) is 0 Å². The van der Waals surface area contributed by atoms with Gasteiger partial charge in [0.1, 0.15) is 13.2 Å². The second-order valence-corrected chi connectivity index (χ2v) is 15.3. The van der Waals surface area contributed by atoms with Crippen LogP contribution in [-0.4, -0.2) is 68.5 Å². The smallest absolute Gasteiger partial charge is 0.268 e. The third-order valence-corrected chi connectivity index (χ3v) is 8.83. The van der Waals surface area contributed by atoms with Gasteiger partial charge in [0.05, 0.1) is 39.9 Å². The maximum Gasteiger partial charge on any atom is 0.268 e. The van der Waals surface area contributed by atoms with Gasteiger partial charge in [-0.15, -0.1) is 0 Å². The number of nitrogens with one attached hydrogen (secondary N) is 1. The molecule has 9 heteroatoms. The lowest BCUT2D eigenvalue weighted by Crippen LogP contribution is -2.45. The lowest BCUT2D eigenvalue weighted by molar-refractivity contribution is -0.870. The summed E-state index contributed by atoms with van der Waals surface area (Å²) in [5, 5.41) is 13.6. The molecule has 0 aromatic heterocycles. The molecule has 3 unspecified atom stereocenters. The minimum Gasteiger partial charge on any atom is -0.756 e. The Morgan fingerprint density at radius 2 is 1.20 bits per heavy atom. The Bertz CT molecular complexity index is 1100. The highest BCUT2D eigenvalue weighted by Gasteiger charge is 2.23. The Kier molecular flexibility index (Phi) is 32.0. The largest absolute Gasteiger partial charge is 0.756 e. The Morgan fingerprint density at radius 1 is 0.706 bits per heavy atom. The van der Waals surface area contributed by atoms with E-state index in [1.165, 1.54) is 25.7 Å². The standard InChI is InChI=1S/C42H73N2O6P/c1-6-8-10-12-14-16-17-18-19-20-21-22-23-24-25-26-27-28-30-32-34-36-42(46)43-40(39-50-51(47,48)49-38-37-44(3,4)5)41(45)35-33-31-29-15-13-11-9-7-2/h8,10,14,16,18-19,21-22,24-25,27-28,33,35,40-41,45H,6-7,9,11-13,15,17,20,23,26,29-32,34,36-39H2,1-5H3,(H-,43,46,47,48)/b10-8-,16-14-,19-18-,22-21-,25-24-,28-27-,35-33+. The highest BCUT2D eigenvalue weighted by atomic mass is 31.2. The van der Waals surface area contributed by atoms with Crippen molar-refractivity contribution in [1.82, 2.24) is 5.32 Å². The van der Waals surface area contributed by atoms with Gasteiger partial charge in [-0.05, 0) is 70.6 Å². The maximum absolute atomic E-state index is 12.7. The van der Waals surface area contributed by atoms with Crippen LogP contribution in [0.15, 0.2) is 85.1 Å². The third kappa shape index (κ3) is 35.9. The van der Waals surface area contributed by atoms with E-state index in [1.54, 1.807) is 6.08 Å². The fourth-order valence-corrected chi connectivity index (χ4v) is 5.46. The van der Waals surface area contributed by atoms with Crippen LogP contribution < -0.4 is 10.2 Å². The molecule has 8 nitrogen and oxygen atoms in total. The molecule has 0 aliphatic heterocycles. The zero-order chi connectivity index (χ0) is 37.9. The molecule has 0 aliphatic carbocycles. The van der Waals surface area contributed by atoms with Crippen molar-refractivity contribution < 1.29 is 32.9 Å². The summed E-state index contributed by atoms with van der Waals surface area (Å²) in [5.74, 6) is -0.249.